The van der Waals surface area contributed by atoms with Gasteiger partial charge in [-0.05, 0) is 46.2 Å². The van der Waals surface area contributed by atoms with E-state index in [1.165, 1.54) is 0 Å². The Balaban J connectivity index is 2.80. The molecule has 0 radical (unpaired) electrons. The molecule has 1 rings (SSSR count). The Hall–Kier alpha value is -1.25. The lowest BCUT2D eigenvalue weighted by atomic mass is 10.1. The lowest BCUT2D eigenvalue weighted by molar-refractivity contribution is 0.0890. The number of furan rings is 1. The minimum Gasteiger partial charge on any atom is -0.456 e. The van der Waals surface area contributed by atoms with E-state index in [4.69, 9.17) is 4.42 Å². The van der Waals surface area contributed by atoms with Crippen molar-refractivity contribution in [3.8, 4) is 0 Å². The summed E-state index contributed by atoms with van der Waals surface area (Å²) < 4.78 is 5.31. The van der Waals surface area contributed by atoms with Crippen molar-refractivity contribution in [1.82, 2.24) is 5.32 Å². The average molecular weight is 195 g/mol. The molecule has 0 unspecified atom stereocenters. The minimum absolute atomic E-state index is 0.159. The van der Waals surface area contributed by atoms with Crippen molar-refractivity contribution in [3.63, 3.8) is 0 Å². The van der Waals surface area contributed by atoms with Crippen LogP contribution < -0.4 is 5.32 Å². The van der Waals surface area contributed by atoms with Crippen molar-refractivity contribution >= 4 is 5.91 Å². The van der Waals surface area contributed by atoms with Crippen molar-refractivity contribution < 1.29 is 9.21 Å². The van der Waals surface area contributed by atoms with Crippen LogP contribution in [0.3, 0.4) is 0 Å². The van der Waals surface area contributed by atoms with Gasteiger partial charge < -0.3 is 9.73 Å². The molecule has 0 aliphatic heterocycles. The standard InChI is InChI=1S/C11H17NO2/c1-7-6-9(14-8(7)2)10(13)12-11(3,4)5/h6H,1-5H3,(H,12,13). The van der Waals surface area contributed by atoms with Gasteiger partial charge in [-0.2, -0.15) is 0 Å². The van der Waals surface area contributed by atoms with Crippen LogP contribution in [0.25, 0.3) is 0 Å². The first kappa shape index (κ1) is 10.8. The second-order valence-electron chi connectivity index (χ2n) is 4.55. The highest BCUT2D eigenvalue weighted by molar-refractivity contribution is 5.92. The molecule has 0 bridgehead atoms. The second-order valence-corrected chi connectivity index (χ2v) is 4.55. The van der Waals surface area contributed by atoms with E-state index >= 15 is 0 Å². The number of carbonyl (C=O) groups is 1. The molecule has 78 valence electrons. The van der Waals surface area contributed by atoms with E-state index in [9.17, 15) is 4.79 Å². The molecule has 0 saturated heterocycles. The third kappa shape index (κ3) is 2.62. The van der Waals surface area contributed by atoms with Crippen molar-refractivity contribution in [2.45, 2.75) is 40.2 Å². The summed E-state index contributed by atoms with van der Waals surface area (Å²) in [6.07, 6.45) is 0. The average Bonchev–Trinajstić information content (AvgIpc) is 2.28. The molecule has 14 heavy (non-hydrogen) atoms. The zero-order valence-electron chi connectivity index (χ0n) is 9.39. The maximum atomic E-state index is 11.6. The largest absolute Gasteiger partial charge is 0.456 e. The minimum atomic E-state index is -0.230. The summed E-state index contributed by atoms with van der Waals surface area (Å²) >= 11 is 0. The molecule has 0 saturated carbocycles. The molecule has 1 aromatic rings. The quantitative estimate of drug-likeness (QED) is 0.747. The van der Waals surface area contributed by atoms with E-state index in [1.807, 2.05) is 34.6 Å². The molecule has 0 spiro atoms. The van der Waals surface area contributed by atoms with Crippen molar-refractivity contribution in [3.05, 3.63) is 23.2 Å². The van der Waals surface area contributed by atoms with Crippen molar-refractivity contribution in [1.29, 1.82) is 0 Å². The second kappa shape index (κ2) is 3.48. The van der Waals surface area contributed by atoms with E-state index in [0.717, 1.165) is 11.3 Å². The summed E-state index contributed by atoms with van der Waals surface area (Å²) in [6.45, 7) is 9.59. The summed E-state index contributed by atoms with van der Waals surface area (Å²) in [5, 5.41) is 2.84. The van der Waals surface area contributed by atoms with Crippen LogP contribution in [0.4, 0.5) is 0 Å². The lowest BCUT2D eigenvalue weighted by Gasteiger charge is -2.19. The number of rotatable bonds is 1. The Labute approximate surface area is 84.5 Å². The summed E-state index contributed by atoms with van der Waals surface area (Å²) in [5.41, 5.74) is 0.773. The third-order valence-corrected chi connectivity index (χ3v) is 1.88. The van der Waals surface area contributed by atoms with Crippen molar-refractivity contribution in [2.75, 3.05) is 0 Å². The number of carbonyl (C=O) groups excluding carboxylic acids is 1. The van der Waals surface area contributed by atoms with Gasteiger partial charge in [0.2, 0.25) is 0 Å². The zero-order chi connectivity index (χ0) is 10.9. The molecule has 3 nitrogen and oxygen atoms in total. The van der Waals surface area contributed by atoms with Crippen LogP contribution in [0.2, 0.25) is 0 Å². The highest BCUT2D eigenvalue weighted by Crippen LogP contribution is 2.13. The van der Waals surface area contributed by atoms with Gasteiger partial charge in [-0.3, -0.25) is 4.79 Å². The summed E-state index contributed by atoms with van der Waals surface area (Å²) in [4.78, 5) is 11.6. The van der Waals surface area contributed by atoms with E-state index in [1.54, 1.807) is 6.07 Å². The Bertz CT molecular complexity index is 325. The first-order valence-corrected chi connectivity index (χ1v) is 4.69. The molecular formula is C11H17NO2. The Kier molecular flexibility index (Phi) is 2.69. The van der Waals surface area contributed by atoms with Crippen LogP contribution in [0.15, 0.2) is 10.5 Å². The Morgan fingerprint density at radius 3 is 2.29 bits per heavy atom. The van der Waals surface area contributed by atoms with Gasteiger partial charge in [0.25, 0.3) is 5.91 Å². The number of amides is 1. The van der Waals surface area contributed by atoms with Gasteiger partial charge in [-0.1, -0.05) is 0 Å². The highest BCUT2D eigenvalue weighted by atomic mass is 16.3. The topological polar surface area (TPSA) is 42.2 Å². The molecular weight excluding hydrogens is 178 g/mol. The van der Waals surface area contributed by atoms with Gasteiger partial charge in [-0.15, -0.1) is 0 Å². The van der Waals surface area contributed by atoms with Crippen molar-refractivity contribution in [2.24, 2.45) is 0 Å². The van der Waals surface area contributed by atoms with Gasteiger partial charge in [0.15, 0.2) is 5.76 Å². The van der Waals surface area contributed by atoms with E-state index in [2.05, 4.69) is 5.32 Å². The molecule has 0 atom stereocenters. The van der Waals surface area contributed by atoms with Gasteiger partial charge in [-0.25, -0.2) is 0 Å². The molecule has 1 aromatic heterocycles. The van der Waals surface area contributed by atoms with Gasteiger partial charge in [0, 0.05) is 5.54 Å². The predicted molar refractivity (Wildman–Crippen MR) is 55.4 cm³/mol. The normalized spacial score (nSPS) is 11.5. The number of hydrogen-bond acceptors (Lipinski definition) is 2. The number of aryl methyl sites for hydroxylation is 2. The molecule has 1 amide bonds. The fourth-order valence-corrected chi connectivity index (χ4v) is 1.09. The molecule has 0 aromatic carbocycles. The van der Waals surface area contributed by atoms with E-state index in [0.29, 0.717) is 5.76 Å². The van der Waals surface area contributed by atoms with Crippen LogP contribution in [0, 0.1) is 13.8 Å². The summed E-state index contributed by atoms with van der Waals surface area (Å²) in [5.74, 6) is 1.02. The van der Waals surface area contributed by atoms with Crippen LogP contribution in [0.5, 0.6) is 0 Å². The SMILES string of the molecule is Cc1cc(C(=O)NC(C)(C)C)oc1C. The maximum Gasteiger partial charge on any atom is 0.287 e. The zero-order valence-corrected chi connectivity index (χ0v) is 9.39. The lowest BCUT2D eigenvalue weighted by Crippen LogP contribution is -2.40. The van der Waals surface area contributed by atoms with Crippen LogP contribution in [-0.4, -0.2) is 11.4 Å². The van der Waals surface area contributed by atoms with E-state index < -0.39 is 0 Å². The van der Waals surface area contributed by atoms with E-state index in [-0.39, 0.29) is 11.4 Å². The third-order valence-electron chi connectivity index (χ3n) is 1.88. The Morgan fingerprint density at radius 2 is 1.93 bits per heavy atom. The summed E-state index contributed by atoms with van der Waals surface area (Å²) in [7, 11) is 0. The maximum absolute atomic E-state index is 11.6. The van der Waals surface area contributed by atoms with Crippen LogP contribution in [-0.2, 0) is 0 Å². The summed E-state index contributed by atoms with van der Waals surface area (Å²) in [6, 6.07) is 1.76. The first-order chi connectivity index (χ1) is 6.29. The monoisotopic (exact) mass is 195 g/mol. The van der Waals surface area contributed by atoms with Gasteiger partial charge in [0.05, 0.1) is 0 Å². The van der Waals surface area contributed by atoms with Crippen LogP contribution in [0.1, 0.15) is 42.6 Å². The number of hydrogen-bond donors (Lipinski definition) is 1. The smallest absolute Gasteiger partial charge is 0.287 e. The first-order valence-electron chi connectivity index (χ1n) is 4.69. The molecule has 0 fully saturated rings. The molecule has 0 aliphatic carbocycles. The molecule has 1 heterocycles. The Morgan fingerprint density at radius 1 is 1.36 bits per heavy atom. The van der Waals surface area contributed by atoms with Gasteiger partial charge >= 0.3 is 0 Å². The highest BCUT2D eigenvalue weighted by Gasteiger charge is 2.18. The fourth-order valence-electron chi connectivity index (χ4n) is 1.09. The van der Waals surface area contributed by atoms with Crippen LogP contribution >= 0.6 is 0 Å². The molecule has 3 heteroatoms. The number of nitrogens with one attached hydrogen (secondary N) is 1. The molecule has 0 aliphatic rings. The van der Waals surface area contributed by atoms with Gasteiger partial charge in [0.1, 0.15) is 5.76 Å². The predicted octanol–water partition coefficient (Wildman–Crippen LogP) is 2.42. The fraction of sp³-hybridized carbons (Fsp3) is 0.545. The molecule has 1 N–H and O–H groups in total.